The highest BCUT2D eigenvalue weighted by atomic mass is 16.5. The van der Waals surface area contributed by atoms with Crippen LogP contribution in [-0.2, 0) is 9.53 Å². The van der Waals surface area contributed by atoms with Crippen LogP contribution in [0, 0.1) is 11.3 Å². The Morgan fingerprint density at radius 3 is 2.20 bits per heavy atom. The summed E-state index contributed by atoms with van der Waals surface area (Å²) in [5.41, 5.74) is 0.0720. The van der Waals surface area contributed by atoms with Gasteiger partial charge in [-0.05, 0) is 24.7 Å². The predicted molar refractivity (Wildman–Crippen MR) is 63.7 cm³/mol. The van der Waals surface area contributed by atoms with Gasteiger partial charge in [-0.2, -0.15) is 0 Å². The van der Waals surface area contributed by atoms with E-state index in [1.54, 1.807) is 0 Å². The summed E-state index contributed by atoms with van der Waals surface area (Å²) < 4.78 is 5.36. The van der Waals surface area contributed by atoms with Crippen LogP contribution >= 0.6 is 0 Å². The SMILES string of the molecule is CCCC(C)(C)CC(=O)OC(C)C(C)C. The van der Waals surface area contributed by atoms with Crippen molar-refractivity contribution in [1.82, 2.24) is 0 Å². The van der Waals surface area contributed by atoms with Gasteiger partial charge in [0.15, 0.2) is 0 Å². The highest BCUT2D eigenvalue weighted by Gasteiger charge is 2.23. The van der Waals surface area contributed by atoms with Crippen LogP contribution in [0.3, 0.4) is 0 Å². The number of ether oxygens (including phenoxy) is 1. The molecule has 0 aliphatic carbocycles. The zero-order valence-corrected chi connectivity index (χ0v) is 11.1. The minimum Gasteiger partial charge on any atom is -0.462 e. The first-order valence-corrected chi connectivity index (χ1v) is 5.98. The van der Waals surface area contributed by atoms with Gasteiger partial charge >= 0.3 is 5.97 Å². The molecule has 0 rings (SSSR count). The maximum absolute atomic E-state index is 11.6. The van der Waals surface area contributed by atoms with Crippen molar-refractivity contribution in [2.75, 3.05) is 0 Å². The molecule has 0 fully saturated rings. The fraction of sp³-hybridized carbons (Fsp3) is 0.923. The first kappa shape index (κ1) is 14.5. The van der Waals surface area contributed by atoms with Gasteiger partial charge in [-0.1, -0.05) is 41.0 Å². The lowest BCUT2D eigenvalue weighted by atomic mass is 9.85. The van der Waals surface area contributed by atoms with Crippen molar-refractivity contribution in [3.05, 3.63) is 0 Å². The Bertz CT molecular complexity index is 195. The Labute approximate surface area is 94.4 Å². The van der Waals surface area contributed by atoms with Crippen LogP contribution in [0.2, 0.25) is 0 Å². The zero-order valence-electron chi connectivity index (χ0n) is 11.1. The molecule has 0 saturated heterocycles. The quantitative estimate of drug-likeness (QED) is 0.629. The number of rotatable bonds is 6. The lowest BCUT2D eigenvalue weighted by Gasteiger charge is -2.24. The van der Waals surface area contributed by atoms with Crippen molar-refractivity contribution >= 4 is 5.97 Å². The Kier molecular flexibility index (Phi) is 5.92. The van der Waals surface area contributed by atoms with Crippen molar-refractivity contribution in [3.63, 3.8) is 0 Å². The van der Waals surface area contributed by atoms with E-state index in [-0.39, 0.29) is 17.5 Å². The summed E-state index contributed by atoms with van der Waals surface area (Å²) in [6, 6.07) is 0. The van der Waals surface area contributed by atoms with Crippen molar-refractivity contribution in [3.8, 4) is 0 Å². The number of hydrogen-bond acceptors (Lipinski definition) is 2. The number of carbonyl (C=O) groups excluding carboxylic acids is 1. The zero-order chi connectivity index (χ0) is 12.1. The van der Waals surface area contributed by atoms with Crippen LogP contribution in [0.15, 0.2) is 0 Å². The molecule has 0 bridgehead atoms. The molecule has 0 aliphatic heterocycles. The topological polar surface area (TPSA) is 26.3 Å². The first-order valence-electron chi connectivity index (χ1n) is 5.98. The van der Waals surface area contributed by atoms with Crippen molar-refractivity contribution in [1.29, 1.82) is 0 Å². The van der Waals surface area contributed by atoms with Crippen LogP contribution in [0.25, 0.3) is 0 Å². The minimum atomic E-state index is -0.0605. The molecule has 2 heteroatoms. The number of esters is 1. The Morgan fingerprint density at radius 2 is 1.80 bits per heavy atom. The largest absolute Gasteiger partial charge is 0.462 e. The molecule has 0 aliphatic rings. The predicted octanol–water partition coefficient (Wildman–Crippen LogP) is 3.79. The van der Waals surface area contributed by atoms with Gasteiger partial charge in [0.05, 0.1) is 6.42 Å². The third-order valence-corrected chi connectivity index (χ3v) is 2.81. The molecule has 90 valence electrons. The molecule has 0 heterocycles. The van der Waals surface area contributed by atoms with E-state index in [2.05, 4.69) is 34.6 Å². The molecule has 0 amide bonds. The average Bonchev–Trinajstić information content (AvgIpc) is 2.01. The van der Waals surface area contributed by atoms with E-state index in [9.17, 15) is 4.79 Å². The third-order valence-electron chi connectivity index (χ3n) is 2.81. The van der Waals surface area contributed by atoms with Gasteiger partial charge in [0.25, 0.3) is 0 Å². The fourth-order valence-corrected chi connectivity index (χ4v) is 1.54. The summed E-state index contributed by atoms with van der Waals surface area (Å²) in [4.78, 5) is 11.6. The standard InChI is InChI=1S/C13H26O2/c1-7-8-13(5,6)9-12(14)15-11(4)10(2)3/h10-11H,7-9H2,1-6H3. The highest BCUT2D eigenvalue weighted by Crippen LogP contribution is 2.27. The Hall–Kier alpha value is -0.530. The van der Waals surface area contributed by atoms with Gasteiger partial charge in [0, 0.05) is 0 Å². The smallest absolute Gasteiger partial charge is 0.306 e. The average molecular weight is 214 g/mol. The van der Waals surface area contributed by atoms with E-state index < -0.39 is 0 Å². The van der Waals surface area contributed by atoms with Gasteiger partial charge in [-0.3, -0.25) is 4.79 Å². The van der Waals surface area contributed by atoms with Crippen molar-refractivity contribution in [2.24, 2.45) is 11.3 Å². The molecule has 0 radical (unpaired) electrons. The van der Waals surface area contributed by atoms with Gasteiger partial charge in [-0.25, -0.2) is 0 Å². The van der Waals surface area contributed by atoms with Crippen LogP contribution in [0.5, 0.6) is 0 Å². The van der Waals surface area contributed by atoms with Crippen molar-refractivity contribution < 1.29 is 9.53 Å². The van der Waals surface area contributed by atoms with E-state index in [4.69, 9.17) is 4.74 Å². The van der Waals surface area contributed by atoms with E-state index in [0.29, 0.717) is 12.3 Å². The van der Waals surface area contributed by atoms with E-state index in [0.717, 1.165) is 12.8 Å². The molecule has 1 atom stereocenters. The second-order valence-electron chi connectivity index (χ2n) is 5.53. The molecular formula is C13H26O2. The molecule has 0 saturated carbocycles. The normalized spacial score (nSPS) is 14.1. The summed E-state index contributed by atoms with van der Waals surface area (Å²) in [6.07, 6.45) is 2.73. The second-order valence-corrected chi connectivity index (χ2v) is 5.53. The summed E-state index contributed by atoms with van der Waals surface area (Å²) >= 11 is 0. The third kappa shape index (κ3) is 6.53. The van der Waals surface area contributed by atoms with Gasteiger partial charge in [-0.15, -0.1) is 0 Å². The second kappa shape index (κ2) is 6.14. The van der Waals surface area contributed by atoms with Gasteiger partial charge < -0.3 is 4.74 Å². The van der Waals surface area contributed by atoms with E-state index in [1.807, 2.05) is 6.92 Å². The molecule has 0 spiro atoms. The first-order chi connectivity index (χ1) is 6.78. The molecule has 0 N–H and O–H groups in total. The molecule has 1 unspecified atom stereocenters. The van der Waals surface area contributed by atoms with Crippen LogP contribution in [-0.4, -0.2) is 12.1 Å². The van der Waals surface area contributed by atoms with Gasteiger partial charge in [0.1, 0.15) is 6.10 Å². The van der Waals surface area contributed by atoms with E-state index >= 15 is 0 Å². The summed E-state index contributed by atoms with van der Waals surface area (Å²) in [7, 11) is 0. The molecule has 0 aromatic rings. The maximum Gasteiger partial charge on any atom is 0.306 e. The fourth-order valence-electron chi connectivity index (χ4n) is 1.54. The lowest BCUT2D eigenvalue weighted by Crippen LogP contribution is -2.24. The summed E-state index contributed by atoms with van der Waals surface area (Å²) in [6.45, 7) is 12.5. The summed E-state index contributed by atoms with van der Waals surface area (Å²) in [5.74, 6) is 0.331. The lowest BCUT2D eigenvalue weighted by molar-refractivity contribution is -0.152. The maximum atomic E-state index is 11.6. The van der Waals surface area contributed by atoms with Crippen LogP contribution in [0.1, 0.15) is 60.8 Å². The molecular weight excluding hydrogens is 188 g/mol. The number of hydrogen-bond donors (Lipinski definition) is 0. The monoisotopic (exact) mass is 214 g/mol. The molecule has 0 aromatic carbocycles. The Balaban J connectivity index is 4.03. The Morgan fingerprint density at radius 1 is 1.27 bits per heavy atom. The van der Waals surface area contributed by atoms with Gasteiger partial charge in [0.2, 0.25) is 0 Å². The van der Waals surface area contributed by atoms with Crippen LogP contribution < -0.4 is 0 Å². The highest BCUT2D eigenvalue weighted by molar-refractivity contribution is 5.70. The molecule has 2 nitrogen and oxygen atoms in total. The summed E-state index contributed by atoms with van der Waals surface area (Å²) in [5, 5.41) is 0. The number of carbonyl (C=O) groups is 1. The molecule has 0 aromatic heterocycles. The minimum absolute atomic E-state index is 0.0231. The molecule has 15 heavy (non-hydrogen) atoms. The van der Waals surface area contributed by atoms with Crippen LogP contribution in [0.4, 0.5) is 0 Å². The van der Waals surface area contributed by atoms with Crippen molar-refractivity contribution in [2.45, 2.75) is 66.9 Å². The van der Waals surface area contributed by atoms with E-state index in [1.165, 1.54) is 0 Å².